The molecule has 2 rings (SSSR count). The van der Waals surface area contributed by atoms with Gasteiger partial charge in [-0.3, -0.25) is 4.72 Å². The molecule has 80 valence electrons. The van der Waals surface area contributed by atoms with Crippen LogP contribution in [0.2, 0.25) is 0 Å². The van der Waals surface area contributed by atoms with Gasteiger partial charge >= 0.3 is 0 Å². The molecule has 0 spiro atoms. The first-order valence-electron chi connectivity index (χ1n) is 4.34. The minimum atomic E-state index is -2.66. The van der Waals surface area contributed by atoms with Crippen LogP contribution in [0.5, 0.6) is 0 Å². The monoisotopic (exact) mass is 226 g/mol. The van der Waals surface area contributed by atoms with Crippen molar-refractivity contribution >= 4 is 16.6 Å². The Bertz CT molecular complexity index is 440. The molecular weight excluding hydrogens is 216 g/mol. The van der Waals surface area contributed by atoms with E-state index in [0.29, 0.717) is 5.69 Å². The second kappa shape index (κ2) is 4.22. The average Bonchev–Trinajstić information content (AvgIpc) is 2.70. The van der Waals surface area contributed by atoms with Gasteiger partial charge in [-0.15, -0.1) is 0 Å². The van der Waals surface area contributed by atoms with Crippen molar-refractivity contribution in [1.82, 2.24) is 5.32 Å². The van der Waals surface area contributed by atoms with E-state index in [2.05, 4.69) is 10.0 Å². The van der Waals surface area contributed by atoms with E-state index < -0.39 is 10.9 Å². The Kier molecular flexibility index (Phi) is 2.77. The molecule has 1 aromatic rings. The third-order valence-electron chi connectivity index (χ3n) is 1.99. The highest BCUT2D eigenvalue weighted by Crippen LogP contribution is 2.25. The molecule has 1 heterocycles. The van der Waals surface area contributed by atoms with Gasteiger partial charge in [-0.05, 0) is 6.07 Å². The highest BCUT2D eigenvalue weighted by Gasteiger charge is 2.16. The van der Waals surface area contributed by atoms with Gasteiger partial charge in [-0.25, -0.2) is 8.42 Å². The lowest BCUT2D eigenvalue weighted by Gasteiger charge is -2.14. The SMILES string of the molecule is O=[SH](=O)Nc1ccccc1C1NC=CO1. The molecule has 1 aliphatic heterocycles. The Morgan fingerprint density at radius 2 is 2.13 bits per heavy atom. The normalized spacial score (nSPS) is 18.6. The lowest BCUT2D eigenvalue weighted by molar-refractivity contribution is 0.155. The fourth-order valence-corrected chi connectivity index (χ4v) is 1.77. The summed E-state index contributed by atoms with van der Waals surface area (Å²) < 4.78 is 28.8. The number of anilines is 1. The summed E-state index contributed by atoms with van der Waals surface area (Å²) in [5.74, 6) is 0. The molecule has 0 saturated heterocycles. The zero-order valence-corrected chi connectivity index (χ0v) is 8.61. The van der Waals surface area contributed by atoms with E-state index in [0.717, 1.165) is 5.56 Å². The molecule has 5 nitrogen and oxygen atoms in total. The second-order valence-corrected chi connectivity index (χ2v) is 3.68. The van der Waals surface area contributed by atoms with Crippen molar-refractivity contribution < 1.29 is 13.2 Å². The van der Waals surface area contributed by atoms with E-state index >= 15 is 0 Å². The third-order valence-corrected chi connectivity index (χ3v) is 2.41. The molecule has 1 aromatic carbocycles. The van der Waals surface area contributed by atoms with Gasteiger partial charge in [0.2, 0.25) is 10.9 Å². The molecule has 1 aliphatic rings. The number of nitrogens with one attached hydrogen (secondary N) is 2. The predicted octanol–water partition coefficient (Wildman–Crippen LogP) is 0.715. The minimum Gasteiger partial charge on any atom is -0.473 e. The number of thiol groups is 1. The van der Waals surface area contributed by atoms with Gasteiger partial charge in [0, 0.05) is 11.8 Å². The molecule has 15 heavy (non-hydrogen) atoms. The van der Waals surface area contributed by atoms with Crippen molar-refractivity contribution in [2.24, 2.45) is 0 Å². The topological polar surface area (TPSA) is 67.4 Å². The maximum absolute atomic E-state index is 10.6. The summed E-state index contributed by atoms with van der Waals surface area (Å²) in [6, 6.07) is 7.06. The fraction of sp³-hybridized carbons (Fsp3) is 0.111. The summed E-state index contributed by atoms with van der Waals surface area (Å²) >= 11 is 0. The van der Waals surface area contributed by atoms with Crippen molar-refractivity contribution in [2.45, 2.75) is 6.23 Å². The van der Waals surface area contributed by atoms with Gasteiger partial charge in [0.25, 0.3) is 0 Å². The Morgan fingerprint density at radius 1 is 1.33 bits per heavy atom. The summed E-state index contributed by atoms with van der Waals surface area (Å²) in [5, 5.41) is 2.95. The van der Waals surface area contributed by atoms with Crippen LogP contribution in [0, 0.1) is 0 Å². The number of para-hydroxylation sites is 1. The van der Waals surface area contributed by atoms with Crippen molar-refractivity contribution in [3.05, 3.63) is 42.3 Å². The Balaban J connectivity index is 2.28. The zero-order valence-electron chi connectivity index (χ0n) is 7.71. The quantitative estimate of drug-likeness (QED) is 0.664. The van der Waals surface area contributed by atoms with Crippen molar-refractivity contribution in [2.75, 3.05) is 4.72 Å². The van der Waals surface area contributed by atoms with E-state index in [-0.39, 0.29) is 6.23 Å². The smallest absolute Gasteiger partial charge is 0.222 e. The highest BCUT2D eigenvalue weighted by atomic mass is 32.2. The lowest BCUT2D eigenvalue weighted by Crippen LogP contribution is -2.13. The fourth-order valence-electron chi connectivity index (χ4n) is 1.37. The van der Waals surface area contributed by atoms with E-state index in [1.165, 1.54) is 6.26 Å². The molecule has 0 fully saturated rings. The number of benzene rings is 1. The summed E-state index contributed by atoms with van der Waals surface area (Å²) in [6.45, 7) is 0. The van der Waals surface area contributed by atoms with Crippen LogP contribution in [0.3, 0.4) is 0 Å². The molecule has 6 heteroatoms. The van der Waals surface area contributed by atoms with Gasteiger partial charge in [0.15, 0.2) is 6.23 Å². The molecule has 0 radical (unpaired) electrons. The lowest BCUT2D eigenvalue weighted by atomic mass is 10.1. The number of hydrogen-bond acceptors (Lipinski definition) is 4. The second-order valence-electron chi connectivity index (χ2n) is 2.94. The van der Waals surface area contributed by atoms with Crippen molar-refractivity contribution in [3.8, 4) is 0 Å². The van der Waals surface area contributed by atoms with Crippen LogP contribution in [0.25, 0.3) is 0 Å². The molecule has 1 atom stereocenters. The summed E-state index contributed by atoms with van der Waals surface area (Å²) in [5.41, 5.74) is 1.27. The highest BCUT2D eigenvalue weighted by molar-refractivity contribution is 7.73. The molecule has 0 aliphatic carbocycles. The first-order chi connectivity index (χ1) is 7.27. The zero-order chi connectivity index (χ0) is 10.7. The Morgan fingerprint density at radius 3 is 2.80 bits per heavy atom. The van der Waals surface area contributed by atoms with Gasteiger partial charge < -0.3 is 10.1 Å². The van der Waals surface area contributed by atoms with Gasteiger partial charge in [0.1, 0.15) is 6.26 Å². The van der Waals surface area contributed by atoms with Crippen LogP contribution in [-0.4, -0.2) is 8.42 Å². The van der Waals surface area contributed by atoms with E-state index in [1.54, 1.807) is 24.4 Å². The minimum absolute atomic E-state index is 0.330. The standard InChI is InChI=1S/C9H10N2O3S/c12-15(13)11-8-4-2-1-3-7(8)9-10-5-6-14-9/h1-6,9-10,15H,(H,11,12,13). The molecule has 2 N–H and O–H groups in total. The van der Waals surface area contributed by atoms with Gasteiger partial charge in [-0.2, -0.15) is 0 Å². The Hall–Kier alpha value is -1.69. The molecule has 0 amide bonds. The summed E-state index contributed by atoms with van der Waals surface area (Å²) in [6.07, 6.45) is 2.86. The molecular formula is C9H10N2O3S. The largest absolute Gasteiger partial charge is 0.473 e. The van der Waals surface area contributed by atoms with Crippen LogP contribution in [0.1, 0.15) is 11.8 Å². The maximum Gasteiger partial charge on any atom is 0.222 e. The Labute approximate surface area is 88.8 Å². The van der Waals surface area contributed by atoms with Crippen LogP contribution in [-0.2, 0) is 15.6 Å². The van der Waals surface area contributed by atoms with Crippen LogP contribution >= 0.6 is 0 Å². The average molecular weight is 226 g/mol. The molecule has 0 aromatic heterocycles. The summed E-state index contributed by atoms with van der Waals surface area (Å²) in [4.78, 5) is 0. The van der Waals surface area contributed by atoms with E-state index in [4.69, 9.17) is 4.74 Å². The van der Waals surface area contributed by atoms with Crippen LogP contribution < -0.4 is 10.0 Å². The van der Waals surface area contributed by atoms with E-state index in [1.807, 2.05) is 6.07 Å². The van der Waals surface area contributed by atoms with Gasteiger partial charge in [0.05, 0.1) is 5.69 Å². The van der Waals surface area contributed by atoms with Crippen LogP contribution in [0.4, 0.5) is 5.69 Å². The first kappa shape index (κ1) is 9.85. The summed E-state index contributed by atoms with van der Waals surface area (Å²) in [7, 11) is -2.66. The van der Waals surface area contributed by atoms with E-state index in [9.17, 15) is 8.42 Å². The number of rotatable bonds is 3. The van der Waals surface area contributed by atoms with Gasteiger partial charge in [-0.1, -0.05) is 18.2 Å². The van der Waals surface area contributed by atoms with Crippen LogP contribution in [0.15, 0.2) is 36.7 Å². The third kappa shape index (κ3) is 2.21. The first-order valence-corrected chi connectivity index (χ1v) is 5.51. The molecule has 0 bridgehead atoms. The molecule has 1 unspecified atom stereocenters. The maximum atomic E-state index is 10.6. The number of hydrogen-bond donors (Lipinski definition) is 3. The molecule has 0 saturated carbocycles. The number of ether oxygens (including phenoxy) is 1. The predicted molar refractivity (Wildman–Crippen MR) is 56.5 cm³/mol. The van der Waals surface area contributed by atoms with Crippen molar-refractivity contribution in [1.29, 1.82) is 0 Å². The van der Waals surface area contributed by atoms with Crippen molar-refractivity contribution in [3.63, 3.8) is 0 Å².